The van der Waals surface area contributed by atoms with Crippen LogP contribution in [0.5, 0.6) is 0 Å². The van der Waals surface area contributed by atoms with Crippen LogP contribution in [0.2, 0.25) is 0 Å². The van der Waals surface area contributed by atoms with Crippen molar-refractivity contribution >= 4 is 27.3 Å². The van der Waals surface area contributed by atoms with Crippen LogP contribution in [-0.4, -0.2) is 13.1 Å². The van der Waals surface area contributed by atoms with Gasteiger partial charge in [0.15, 0.2) is 0 Å². The Morgan fingerprint density at radius 2 is 1.89 bits per heavy atom. The predicted octanol–water partition coefficient (Wildman–Crippen LogP) is 4.05. The number of piperidine rings is 1. The molecule has 2 fully saturated rings. The fourth-order valence-corrected chi connectivity index (χ4v) is 4.25. The van der Waals surface area contributed by atoms with E-state index in [1.165, 1.54) is 50.9 Å². The number of benzene rings is 1. The van der Waals surface area contributed by atoms with Crippen LogP contribution in [0.25, 0.3) is 0 Å². The number of fused-ring (bicyclic) bond motifs is 1. The molecule has 0 bridgehead atoms. The molecule has 1 aliphatic carbocycles. The molecule has 2 aliphatic rings. The highest BCUT2D eigenvalue weighted by Crippen LogP contribution is 2.39. The molecule has 2 N–H and O–H groups in total. The number of nitrogens with two attached hydrogens (primary N) is 1. The molecule has 2 unspecified atom stereocenters. The Labute approximate surface area is 118 Å². The lowest BCUT2D eigenvalue weighted by Crippen LogP contribution is -2.41. The van der Waals surface area contributed by atoms with Gasteiger partial charge >= 0.3 is 0 Å². The molecule has 3 heteroatoms. The summed E-state index contributed by atoms with van der Waals surface area (Å²) in [6.45, 7) is 2.43. The molecule has 0 amide bonds. The van der Waals surface area contributed by atoms with Gasteiger partial charge in [-0.25, -0.2) is 0 Å². The normalized spacial score (nSPS) is 27.9. The number of rotatable bonds is 1. The van der Waals surface area contributed by atoms with Gasteiger partial charge in [-0.3, -0.25) is 0 Å². The van der Waals surface area contributed by atoms with E-state index in [0.29, 0.717) is 0 Å². The maximum atomic E-state index is 5.81. The second kappa shape index (κ2) is 5.12. The first kappa shape index (κ1) is 12.3. The lowest BCUT2D eigenvalue weighted by atomic mass is 9.75. The largest absolute Gasteiger partial charge is 0.399 e. The van der Waals surface area contributed by atoms with Crippen molar-refractivity contribution in [2.75, 3.05) is 23.7 Å². The molecule has 1 aromatic carbocycles. The second-order valence-corrected chi connectivity index (χ2v) is 6.60. The smallest absolute Gasteiger partial charge is 0.0512 e. The van der Waals surface area contributed by atoms with Gasteiger partial charge in [0.1, 0.15) is 0 Å². The minimum Gasteiger partial charge on any atom is -0.399 e. The van der Waals surface area contributed by atoms with Crippen molar-refractivity contribution in [3.63, 3.8) is 0 Å². The lowest BCUT2D eigenvalue weighted by Gasteiger charge is -2.42. The van der Waals surface area contributed by atoms with Crippen molar-refractivity contribution in [2.24, 2.45) is 11.8 Å². The molecule has 2 atom stereocenters. The van der Waals surface area contributed by atoms with E-state index in [1.54, 1.807) is 0 Å². The molecule has 1 aromatic rings. The van der Waals surface area contributed by atoms with E-state index in [9.17, 15) is 0 Å². The molecule has 98 valence electrons. The van der Waals surface area contributed by atoms with E-state index in [4.69, 9.17) is 5.73 Å². The fourth-order valence-electron chi connectivity index (χ4n) is 3.60. The number of anilines is 2. The van der Waals surface area contributed by atoms with Crippen molar-refractivity contribution in [3.05, 3.63) is 22.7 Å². The van der Waals surface area contributed by atoms with Gasteiger partial charge in [0.25, 0.3) is 0 Å². The van der Waals surface area contributed by atoms with Gasteiger partial charge in [0.05, 0.1) is 5.69 Å². The average Bonchev–Trinajstić information content (AvgIpc) is 2.38. The molecule has 0 spiro atoms. The lowest BCUT2D eigenvalue weighted by molar-refractivity contribution is 0.202. The third kappa shape index (κ3) is 2.37. The summed E-state index contributed by atoms with van der Waals surface area (Å²) in [5, 5.41) is 0. The Morgan fingerprint density at radius 1 is 1.11 bits per heavy atom. The van der Waals surface area contributed by atoms with E-state index in [1.807, 2.05) is 12.1 Å². The first-order chi connectivity index (χ1) is 8.74. The number of nitrogen functional groups attached to an aromatic ring is 1. The van der Waals surface area contributed by atoms with E-state index in [-0.39, 0.29) is 0 Å². The zero-order chi connectivity index (χ0) is 12.5. The molecule has 0 radical (unpaired) electrons. The summed E-state index contributed by atoms with van der Waals surface area (Å²) in [6, 6.07) is 6.18. The summed E-state index contributed by atoms with van der Waals surface area (Å²) in [5.74, 6) is 1.90. The summed E-state index contributed by atoms with van der Waals surface area (Å²) >= 11 is 3.65. The van der Waals surface area contributed by atoms with Crippen LogP contribution >= 0.6 is 15.9 Å². The van der Waals surface area contributed by atoms with Crippen molar-refractivity contribution in [2.45, 2.75) is 32.1 Å². The maximum absolute atomic E-state index is 5.81. The van der Waals surface area contributed by atoms with Gasteiger partial charge in [-0.05, 0) is 58.8 Å². The van der Waals surface area contributed by atoms with Gasteiger partial charge in [0.2, 0.25) is 0 Å². The maximum Gasteiger partial charge on any atom is 0.0512 e. The Hall–Kier alpha value is -0.700. The Morgan fingerprint density at radius 3 is 2.67 bits per heavy atom. The minimum absolute atomic E-state index is 0.832. The second-order valence-electron chi connectivity index (χ2n) is 5.75. The van der Waals surface area contributed by atoms with Crippen LogP contribution in [0.4, 0.5) is 11.4 Å². The summed E-state index contributed by atoms with van der Waals surface area (Å²) in [7, 11) is 0. The molecule has 0 aromatic heterocycles. The van der Waals surface area contributed by atoms with Gasteiger partial charge in [-0.1, -0.05) is 19.3 Å². The molecule has 1 aliphatic heterocycles. The van der Waals surface area contributed by atoms with Gasteiger partial charge in [-0.2, -0.15) is 0 Å². The van der Waals surface area contributed by atoms with Crippen molar-refractivity contribution < 1.29 is 0 Å². The molecule has 3 rings (SSSR count). The van der Waals surface area contributed by atoms with E-state index in [2.05, 4.69) is 26.9 Å². The van der Waals surface area contributed by atoms with Crippen molar-refractivity contribution in [3.8, 4) is 0 Å². The van der Waals surface area contributed by atoms with Crippen molar-refractivity contribution in [1.82, 2.24) is 0 Å². The number of hydrogen-bond acceptors (Lipinski definition) is 2. The molecule has 2 nitrogen and oxygen atoms in total. The van der Waals surface area contributed by atoms with Crippen LogP contribution in [0.15, 0.2) is 22.7 Å². The minimum atomic E-state index is 0.832. The van der Waals surface area contributed by atoms with E-state index in [0.717, 1.165) is 22.0 Å². The highest BCUT2D eigenvalue weighted by Gasteiger charge is 2.31. The Balaban J connectivity index is 1.77. The summed E-state index contributed by atoms with van der Waals surface area (Å²) < 4.78 is 1.14. The molecule has 1 saturated heterocycles. The summed E-state index contributed by atoms with van der Waals surface area (Å²) in [5.41, 5.74) is 7.96. The molecule has 18 heavy (non-hydrogen) atoms. The Bertz CT molecular complexity index is 433. The average molecular weight is 309 g/mol. The van der Waals surface area contributed by atoms with Crippen molar-refractivity contribution in [1.29, 1.82) is 0 Å². The number of halogens is 1. The van der Waals surface area contributed by atoms with Crippen LogP contribution in [0.1, 0.15) is 32.1 Å². The quantitative estimate of drug-likeness (QED) is 0.793. The monoisotopic (exact) mass is 308 g/mol. The third-order valence-corrected chi connectivity index (χ3v) is 5.24. The zero-order valence-electron chi connectivity index (χ0n) is 10.7. The summed E-state index contributed by atoms with van der Waals surface area (Å²) in [6.07, 6.45) is 7.13. The SMILES string of the molecule is Nc1ccc(N2CCC3CCCCC3C2)c(Br)c1. The van der Waals surface area contributed by atoms with Gasteiger partial charge < -0.3 is 10.6 Å². The highest BCUT2D eigenvalue weighted by atomic mass is 79.9. The highest BCUT2D eigenvalue weighted by molar-refractivity contribution is 9.10. The fraction of sp³-hybridized carbons (Fsp3) is 0.600. The predicted molar refractivity (Wildman–Crippen MR) is 80.8 cm³/mol. The standard InChI is InChI=1S/C15H21BrN2/c16-14-9-13(17)5-6-15(14)18-8-7-11-3-1-2-4-12(11)10-18/h5-6,9,11-12H,1-4,7-8,10,17H2. The third-order valence-electron chi connectivity index (χ3n) is 4.60. The van der Waals surface area contributed by atoms with Gasteiger partial charge in [-0.15, -0.1) is 0 Å². The van der Waals surface area contributed by atoms with E-state index >= 15 is 0 Å². The first-order valence-corrected chi connectivity index (χ1v) is 7.83. The van der Waals surface area contributed by atoms with Gasteiger partial charge in [0, 0.05) is 23.2 Å². The van der Waals surface area contributed by atoms with Crippen LogP contribution in [-0.2, 0) is 0 Å². The summed E-state index contributed by atoms with van der Waals surface area (Å²) in [4.78, 5) is 2.54. The van der Waals surface area contributed by atoms with Crippen LogP contribution in [0, 0.1) is 11.8 Å². The van der Waals surface area contributed by atoms with E-state index < -0.39 is 0 Å². The zero-order valence-corrected chi connectivity index (χ0v) is 12.3. The molecular weight excluding hydrogens is 288 g/mol. The topological polar surface area (TPSA) is 29.3 Å². The molecular formula is C15H21BrN2. The molecule has 1 heterocycles. The number of nitrogens with zero attached hydrogens (tertiary/aromatic N) is 1. The van der Waals surface area contributed by atoms with Crippen LogP contribution < -0.4 is 10.6 Å². The van der Waals surface area contributed by atoms with Crippen LogP contribution in [0.3, 0.4) is 0 Å². The Kier molecular flexibility index (Phi) is 3.51. The number of hydrogen-bond donors (Lipinski definition) is 1. The first-order valence-electron chi connectivity index (χ1n) is 7.04. The molecule has 1 saturated carbocycles.